The molecule has 0 aliphatic heterocycles. The number of sulfonamides is 1. The van der Waals surface area contributed by atoms with Gasteiger partial charge in [0.1, 0.15) is 31.3 Å². The first kappa shape index (κ1) is 20.2. The predicted octanol–water partition coefficient (Wildman–Crippen LogP) is 2.36. The van der Waals surface area contributed by atoms with Gasteiger partial charge in [0.25, 0.3) is 0 Å². The predicted molar refractivity (Wildman–Crippen MR) is 98.8 cm³/mol. The molecule has 0 aliphatic carbocycles. The van der Waals surface area contributed by atoms with Gasteiger partial charge in [-0.2, -0.15) is 4.72 Å². The zero-order valence-corrected chi connectivity index (χ0v) is 16.4. The minimum absolute atomic E-state index is 0.00345. The highest BCUT2D eigenvalue weighted by Crippen LogP contribution is 2.17. The molecule has 0 saturated heterocycles. The van der Waals surface area contributed by atoms with Crippen LogP contribution >= 0.6 is 15.9 Å². The number of benzene rings is 2. The monoisotopic (exact) mass is 443 g/mol. The largest absolute Gasteiger partial charge is 0.497 e. The first-order valence-corrected chi connectivity index (χ1v) is 9.86. The van der Waals surface area contributed by atoms with Crippen molar-refractivity contribution in [2.24, 2.45) is 0 Å². The summed E-state index contributed by atoms with van der Waals surface area (Å²) >= 11 is 3.20. The zero-order chi connectivity index (χ0) is 19.0. The van der Waals surface area contributed by atoms with E-state index in [1.807, 2.05) is 0 Å². The highest BCUT2D eigenvalue weighted by atomic mass is 79.9. The van der Waals surface area contributed by atoms with Crippen LogP contribution in [0.3, 0.4) is 0 Å². The van der Waals surface area contributed by atoms with Crippen LogP contribution in [0.1, 0.15) is 0 Å². The standard InChI is InChI=1S/C17H18BrNO6S/c1-23-14-5-7-15(8-6-14)24-9-10-25-17(20)12-19-26(21,22)16-4-2-3-13(18)11-16/h2-8,11,19H,9-10,12H2,1H3. The van der Waals surface area contributed by atoms with Crippen molar-refractivity contribution in [2.45, 2.75) is 4.90 Å². The Bertz CT molecular complexity index is 839. The summed E-state index contributed by atoms with van der Waals surface area (Å²) in [4.78, 5) is 11.7. The van der Waals surface area contributed by atoms with Crippen molar-refractivity contribution in [3.63, 3.8) is 0 Å². The molecule has 0 saturated carbocycles. The topological polar surface area (TPSA) is 90.9 Å². The van der Waals surface area contributed by atoms with Crippen molar-refractivity contribution in [2.75, 3.05) is 26.9 Å². The molecule has 140 valence electrons. The van der Waals surface area contributed by atoms with Gasteiger partial charge in [0.05, 0.1) is 12.0 Å². The second kappa shape index (κ2) is 9.56. The van der Waals surface area contributed by atoms with Crippen LogP contribution in [0.2, 0.25) is 0 Å². The van der Waals surface area contributed by atoms with Gasteiger partial charge >= 0.3 is 5.97 Å². The fourth-order valence-electron chi connectivity index (χ4n) is 1.91. The molecule has 0 atom stereocenters. The Morgan fingerprint density at radius 1 is 1.08 bits per heavy atom. The molecule has 2 aromatic carbocycles. The molecule has 1 N–H and O–H groups in total. The molecule has 0 aliphatic rings. The number of esters is 1. The van der Waals surface area contributed by atoms with Crippen LogP contribution in [0, 0.1) is 0 Å². The third-order valence-electron chi connectivity index (χ3n) is 3.19. The number of rotatable bonds is 9. The van der Waals surface area contributed by atoms with Gasteiger partial charge in [-0.05, 0) is 42.5 Å². The number of ether oxygens (including phenoxy) is 3. The molecule has 2 aromatic rings. The van der Waals surface area contributed by atoms with Crippen LogP contribution in [-0.2, 0) is 19.6 Å². The van der Waals surface area contributed by atoms with E-state index in [9.17, 15) is 13.2 Å². The molecule has 0 fully saturated rings. The van der Waals surface area contributed by atoms with Gasteiger partial charge in [0, 0.05) is 4.47 Å². The van der Waals surface area contributed by atoms with E-state index in [2.05, 4.69) is 20.7 Å². The van der Waals surface area contributed by atoms with E-state index < -0.39 is 22.5 Å². The van der Waals surface area contributed by atoms with Crippen molar-refractivity contribution in [3.8, 4) is 11.5 Å². The van der Waals surface area contributed by atoms with Gasteiger partial charge in [-0.1, -0.05) is 22.0 Å². The quantitative estimate of drug-likeness (QED) is 0.472. The molecule has 0 heterocycles. The number of carbonyl (C=O) groups excluding carboxylic acids is 1. The summed E-state index contributed by atoms with van der Waals surface area (Å²) in [6.07, 6.45) is 0. The van der Waals surface area contributed by atoms with Crippen LogP contribution in [-0.4, -0.2) is 41.3 Å². The van der Waals surface area contributed by atoms with Crippen molar-refractivity contribution in [1.29, 1.82) is 0 Å². The molecular formula is C17H18BrNO6S. The van der Waals surface area contributed by atoms with Crippen LogP contribution in [0.25, 0.3) is 0 Å². The van der Waals surface area contributed by atoms with Gasteiger partial charge in [-0.25, -0.2) is 8.42 Å². The summed E-state index contributed by atoms with van der Waals surface area (Å²) in [7, 11) is -2.21. The molecule has 0 unspecified atom stereocenters. The molecule has 0 radical (unpaired) electrons. The van der Waals surface area contributed by atoms with Crippen LogP contribution < -0.4 is 14.2 Å². The van der Waals surface area contributed by atoms with Crippen molar-refractivity contribution >= 4 is 31.9 Å². The lowest BCUT2D eigenvalue weighted by Crippen LogP contribution is -2.31. The lowest BCUT2D eigenvalue weighted by molar-refractivity contribution is -0.142. The van der Waals surface area contributed by atoms with Gasteiger partial charge in [-0.15, -0.1) is 0 Å². The maximum Gasteiger partial charge on any atom is 0.321 e. The highest BCUT2D eigenvalue weighted by molar-refractivity contribution is 9.10. The van der Waals surface area contributed by atoms with E-state index in [0.717, 1.165) is 0 Å². The molecule has 0 spiro atoms. The lowest BCUT2D eigenvalue weighted by Gasteiger charge is -2.09. The average molecular weight is 444 g/mol. The number of halogens is 1. The average Bonchev–Trinajstić information content (AvgIpc) is 2.64. The Kier molecular flexibility index (Phi) is 7.43. The Balaban J connectivity index is 1.71. The van der Waals surface area contributed by atoms with E-state index in [0.29, 0.717) is 16.0 Å². The lowest BCUT2D eigenvalue weighted by atomic mass is 10.3. The van der Waals surface area contributed by atoms with Crippen LogP contribution in [0.4, 0.5) is 0 Å². The number of methoxy groups -OCH3 is 1. The maximum absolute atomic E-state index is 12.1. The first-order chi connectivity index (χ1) is 12.4. The Labute approximate surface area is 160 Å². The van der Waals surface area contributed by atoms with Gasteiger partial charge in [0.15, 0.2) is 0 Å². The minimum Gasteiger partial charge on any atom is -0.497 e. The van der Waals surface area contributed by atoms with Gasteiger partial charge < -0.3 is 14.2 Å². The summed E-state index contributed by atoms with van der Waals surface area (Å²) in [6.45, 7) is -0.308. The Morgan fingerprint density at radius 2 is 1.77 bits per heavy atom. The molecule has 0 amide bonds. The van der Waals surface area contributed by atoms with Crippen molar-refractivity contribution in [1.82, 2.24) is 4.72 Å². The van der Waals surface area contributed by atoms with Gasteiger partial charge in [-0.3, -0.25) is 4.79 Å². The van der Waals surface area contributed by atoms with E-state index in [-0.39, 0.29) is 18.1 Å². The summed E-state index contributed by atoms with van der Waals surface area (Å²) < 4.78 is 42.4. The summed E-state index contributed by atoms with van der Waals surface area (Å²) in [5.41, 5.74) is 0. The normalized spacial score (nSPS) is 11.0. The number of hydrogen-bond donors (Lipinski definition) is 1. The second-order valence-electron chi connectivity index (χ2n) is 5.03. The maximum atomic E-state index is 12.1. The minimum atomic E-state index is -3.78. The number of carbonyl (C=O) groups is 1. The molecule has 26 heavy (non-hydrogen) atoms. The summed E-state index contributed by atoms with van der Waals surface area (Å²) in [5.74, 6) is 0.626. The fourth-order valence-corrected chi connectivity index (χ4v) is 3.47. The third-order valence-corrected chi connectivity index (χ3v) is 5.08. The Hall–Kier alpha value is -2.10. The Morgan fingerprint density at radius 3 is 2.42 bits per heavy atom. The fraction of sp³-hybridized carbons (Fsp3) is 0.235. The molecular weight excluding hydrogens is 426 g/mol. The van der Waals surface area contributed by atoms with Crippen molar-refractivity contribution < 1.29 is 27.4 Å². The molecule has 2 rings (SSSR count). The van der Waals surface area contributed by atoms with Crippen LogP contribution in [0.5, 0.6) is 11.5 Å². The summed E-state index contributed by atoms with van der Waals surface area (Å²) in [6, 6.07) is 13.1. The van der Waals surface area contributed by atoms with Crippen LogP contribution in [0.15, 0.2) is 57.9 Å². The molecule has 9 heteroatoms. The molecule has 7 nitrogen and oxygen atoms in total. The SMILES string of the molecule is COc1ccc(OCCOC(=O)CNS(=O)(=O)c2cccc(Br)c2)cc1. The first-order valence-electron chi connectivity index (χ1n) is 7.58. The number of hydrogen-bond acceptors (Lipinski definition) is 6. The second-order valence-corrected chi connectivity index (χ2v) is 7.71. The molecule has 0 bridgehead atoms. The van der Waals surface area contributed by atoms with E-state index in [1.165, 1.54) is 12.1 Å². The zero-order valence-electron chi connectivity index (χ0n) is 14.0. The van der Waals surface area contributed by atoms with E-state index in [1.54, 1.807) is 43.5 Å². The number of nitrogens with one attached hydrogen (secondary N) is 1. The highest BCUT2D eigenvalue weighted by Gasteiger charge is 2.16. The van der Waals surface area contributed by atoms with Gasteiger partial charge in [0.2, 0.25) is 10.0 Å². The molecule has 0 aromatic heterocycles. The third kappa shape index (κ3) is 6.32. The van der Waals surface area contributed by atoms with E-state index in [4.69, 9.17) is 14.2 Å². The van der Waals surface area contributed by atoms with Crippen molar-refractivity contribution in [3.05, 3.63) is 53.0 Å². The summed E-state index contributed by atoms with van der Waals surface area (Å²) in [5, 5.41) is 0. The van der Waals surface area contributed by atoms with E-state index >= 15 is 0 Å². The smallest absolute Gasteiger partial charge is 0.321 e.